The molecule has 4 heteroatoms. The molecule has 0 aromatic carbocycles. The van der Waals surface area contributed by atoms with Gasteiger partial charge < -0.3 is 10.6 Å². The van der Waals surface area contributed by atoms with Crippen molar-refractivity contribution in [1.82, 2.24) is 4.90 Å². The average Bonchev–Trinajstić information content (AvgIpc) is 2.80. The lowest BCUT2D eigenvalue weighted by Crippen LogP contribution is -2.45. The van der Waals surface area contributed by atoms with Crippen molar-refractivity contribution in [1.29, 1.82) is 0 Å². The highest BCUT2D eigenvalue weighted by Gasteiger charge is 2.44. The van der Waals surface area contributed by atoms with Gasteiger partial charge in [0.25, 0.3) is 0 Å². The van der Waals surface area contributed by atoms with Crippen LogP contribution >= 0.6 is 11.3 Å². The summed E-state index contributed by atoms with van der Waals surface area (Å²) in [5.74, 6) is 0.173. The molecular formula is C14H22N2OS. The summed E-state index contributed by atoms with van der Waals surface area (Å²) in [6.07, 6.45) is 1.50. The van der Waals surface area contributed by atoms with Crippen molar-refractivity contribution in [2.24, 2.45) is 5.73 Å². The summed E-state index contributed by atoms with van der Waals surface area (Å²) in [6.45, 7) is 8.37. The van der Waals surface area contributed by atoms with Crippen LogP contribution in [-0.2, 0) is 11.2 Å². The molecule has 1 aromatic rings. The number of nitrogens with two attached hydrogens (primary N) is 1. The zero-order chi connectivity index (χ0) is 13.5. The second-order valence-corrected chi connectivity index (χ2v) is 7.10. The number of rotatable bonds is 2. The summed E-state index contributed by atoms with van der Waals surface area (Å²) >= 11 is 1.78. The fourth-order valence-electron chi connectivity index (χ4n) is 2.63. The van der Waals surface area contributed by atoms with Crippen LogP contribution in [0.25, 0.3) is 0 Å². The van der Waals surface area contributed by atoms with Crippen molar-refractivity contribution in [2.75, 3.05) is 0 Å². The molecule has 1 amide bonds. The molecule has 1 fully saturated rings. The van der Waals surface area contributed by atoms with E-state index in [1.807, 2.05) is 4.90 Å². The first-order chi connectivity index (χ1) is 8.34. The maximum Gasteiger partial charge on any atom is 0.225 e. The largest absolute Gasteiger partial charge is 0.328 e. The van der Waals surface area contributed by atoms with E-state index in [0.29, 0.717) is 6.42 Å². The maximum atomic E-state index is 12.1. The Labute approximate surface area is 113 Å². The Morgan fingerprint density at radius 1 is 1.44 bits per heavy atom. The molecule has 1 saturated heterocycles. The van der Waals surface area contributed by atoms with E-state index in [2.05, 4.69) is 39.8 Å². The van der Waals surface area contributed by atoms with Crippen LogP contribution in [-0.4, -0.2) is 22.4 Å². The third-order valence-corrected chi connectivity index (χ3v) is 4.71. The van der Waals surface area contributed by atoms with E-state index < -0.39 is 0 Å². The van der Waals surface area contributed by atoms with Gasteiger partial charge in [0.2, 0.25) is 5.91 Å². The van der Waals surface area contributed by atoms with E-state index in [9.17, 15) is 4.79 Å². The molecule has 0 spiro atoms. The number of thiophene rings is 1. The molecule has 2 atom stereocenters. The molecule has 3 nitrogen and oxygen atoms in total. The summed E-state index contributed by atoms with van der Waals surface area (Å²) in [7, 11) is 0. The zero-order valence-electron chi connectivity index (χ0n) is 11.6. The quantitative estimate of drug-likeness (QED) is 0.894. The van der Waals surface area contributed by atoms with Gasteiger partial charge in [0.15, 0.2) is 0 Å². The SMILES string of the molecule is CCc1ccc(C2C(N)CC(=O)N2C(C)(C)C)s1. The first-order valence-corrected chi connectivity index (χ1v) is 7.32. The van der Waals surface area contributed by atoms with Gasteiger partial charge in [-0.1, -0.05) is 6.92 Å². The molecule has 1 aliphatic heterocycles. The van der Waals surface area contributed by atoms with Gasteiger partial charge >= 0.3 is 0 Å². The topological polar surface area (TPSA) is 46.3 Å². The van der Waals surface area contributed by atoms with Crippen LogP contribution in [0.1, 0.15) is 49.9 Å². The molecule has 18 heavy (non-hydrogen) atoms. The van der Waals surface area contributed by atoms with Crippen molar-refractivity contribution < 1.29 is 4.79 Å². The molecule has 0 bridgehead atoms. The average molecular weight is 266 g/mol. The van der Waals surface area contributed by atoms with Gasteiger partial charge in [0, 0.05) is 27.8 Å². The number of carbonyl (C=O) groups is 1. The zero-order valence-corrected chi connectivity index (χ0v) is 12.4. The summed E-state index contributed by atoms with van der Waals surface area (Å²) < 4.78 is 0. The molecule has 0 radical (unpaired) electrons. The number of amides is 1. The second-order valence-electron chi connectivity index (χ2n) is 5.91. The predicted octanol–water partition coefficient (Wildman–Crippen LogP) is 2.71. The fraction of sp³-hybridized carbons (Fsp3) is 0.643. The number of nitrogens with zero attached hydrogens (tertiary/aromatic N) is 1. The number of aryl methyl sites for hydroxylation is 1. The van der Waals surface area contributed by atoms with Gasteiger partial charge in [0.05, 0.1) is 6.04 Å². The minimum absolute atomic E-state index is 0.0443. The number of hydrogen-bond donors (Lipinski definition) is 1. The Morgan fingerprint density at radius 3 is 2.61 bits per heavy atom. The highest BCUT2D eigenvalue weighted by molar-refractivity contribution is 7.12. The molecule has 2 N–H and O–H groups in total. The minimum atomic E-state index is -0.174. The molecule has 2 heterocycles. The van der Waals surface area contributed by atoms with Gasteiger partial charge in [-0.15, -0.1) is 11.3 Å². The van der Waals surface area contributed by atoms with Crippen molar-refractivity contribution in [3.05, 3.63) is 21.9 Å². The third-order valence-electron chi connectivity index (χ3n) is 3.41. The monoisotopic (exact) mass is 266 g/mol. The van der Waals surface area contributed by atoms with Crippen LogP contribution in [0.4, 0.5) is 0 Å². The van der Waals surface area contributed by atoms with Gasteiger partial charge in [-0.05, 0) is 39.3 Å². The third kappa shape index (κ3) is 2.31. The first kappa shape index (κ1) is 13.6. The lowest BCUT2D eigenvalue weighted by molar-refractivity contribution is -0.133. The van der Waals surface area contributed by atoms with Crippen molar-refractivity contribution in [3.8, 4) is 0 Å². The van der Waals surface area contributed by atoms with E-state index >= 15 is 0 Å². The fourth-order valence-corrected chi connectivity index (χ4v) is 3.75. The van der Waals surface area contributed by atoms with Crippen LogP contribution in [0, 0.1) is 0 Å². The standard InChI is InChI=1S/C14H22N2OS/c1-5-9-6-7-11(18-9)13-10(15)8-12(17)16(13)14(2,3)4/h6-7,10,13H,5,8,15H2,1-4H3. The van der Waals surface area contributed by atoms with Crippen LogP contribution in [0.2, 0.25) is 0 Å². The Balaban J connectivity index is 2.36. The molecular weight excluding hydrogens is 244 g/mol. The van der Waals surface area contributed by atoms with Crippen LogP contribution in [0.3, 0.4) is 0 Å². The Morgan fingerprint density at radius 2 is 2.11 bits per heavy atom. The summed E-state index contributed by atoms with van der Waals surface area (Å²) in [6, 6.07) is 4.24. The lowest BCUT2D eigenvalue weighted by Gasteiger charge is -2.37. The molecule has 2 rings (SSSR count). The Hall–Kier alpha value is -0.870. The van der Waals surface area contributed by atoms with Gasteiger partial charge in [-0.2, -0.15) is 0 Å². The first-order valence-electron chi connectivity index (χ1n) is 6.51. The van der Waals surface area contributed by atoms with Gasteiger partial charge in [-0.3, -0.25) is 4.79 Å². The van der Waals surface area contributed by atoms with Crippen LogP contribution in [0.15, 0.2) is 12.1 Å². The summed E-state index contributed by atoms with van der Waals surface area (Å²) in [4.78, 5) is 16.7. The molecule has 0 saturated carbocycles. The predicted molar refractivity (Wildman–Crippen MR) is 75.6 cm³/mol. The maximum absolute atomic E-state index is 12.1. The molecule has 2 unspecified atom stereocenters. The van der Waals surface area contributed by atoms with Crippen molar-refractivity contribution in [3.63, 3.8) is 0 Å². The van der Waals surface area contributed by atoms with E-state index in [1.54, 1.807) is 11.3 Å². The van der Waals surface area contributed by atoms with E-state index in [4.69, 9.17) is 5.73 Å². The van der Waals surface area contributed by atoms with Gasteiger partial charge in [-0.25, -0.2) is 0 Å². The Kier molecular flexibility index (Phi) is 3.52. The van der Waals surface area contributed by atoms with E-state index in [0.717, 1.165) is 6.42 Å². The summed E-state index contributed by atoms with van der Waals surface area (Å²) in [5.41, 5.74) is 6.01. The molecule has 0 aliphatic carbocycles. The molecule has 1 aliphatic rings. The highest BCUT2D eigenvalue weighted by Crippen LogP contribution is 2.40. The summed E-state index contributed by atoms with van der Waals surface area (Å²) in [5, 5.41) is 0. The van der Waals surface area contributed by atoms with Gasteiger partial charge in [0.1, 0.15) is 0 Å². The van der Waals surface area contributed by atoms with E-state index in [-0.39, 0.29) is 23.5 Å². The molecule has 100 valence electrons. The Bertz CT molecular complexity index is 447. The van der Waals surface area contributed by atoms with Crippen LogP contribution < -0.4 is 5.73 Å². The number of likely N-dealkylation sites (tertiary alicyclic amines) is 1. The molecule has 1 aromatic heterocycles. The van der Waals surface area contributed by atoms with Crippen molar-refractivity contribution in [2.45, 2.75) is 58.2 Å². The normalized spacial score (nSPS) is 24.9. The van der Waals surface area contributed by atoms with Crippen molar-refractivity contribution >= 4 is 17.2 Å². The minimum Gasteiger partial charge on any atom is -0.328 e. The second kappa shape index (κ2) is 4.67. The van der Waals surface area contributed by atoms with Crippen LogP contribution in [0.5, 0.6) is 0 Å². The highest BCUT2D eigenvalue weighted by atomic mass is 32.1. The number of carbonyl (C=O) groups excluding carboxylic acids is 1. The van der Waals surface area contributed by atoms with E-state index in [1.165, 1.54) is 9.75 Å². The lowest BCUT2D eigenvalue weighted by atomic mass is 10.0. The number of hydrogen-bond acceptors (Lipinski definition) is 3. The smallest absolute Gasteiger partial charge is 0.225 e.